The first-order chi connectivity index (χ1) is 21.0. The maximum absolute atomic E-state index is 14.5. The Morgan fingerprint density at radius 1 is 1.02 bits per heavy atom. The highest BCUT2D eigenvalue weighted by atomic mass is 16.5. The standard InChI is InChI=1S/C35H41N5O3/c1-23-24(2)36-33-29(23)9-4-10-30(33)35(42)40(14-6-13-38-12-5-11-32(38)41)22-28-20-27-19-25-7-3-8-26(25)21-31(27)37-34(28)39-15-17-43-18-16-39/h4,9-10,19-21,36H,3,5-8,11-18,22H2,1-2H3. The molecule has 2 aromatic heterocycles. The topological polar surface area (TPSA) is 81.8 Å². The van der Waals surface area contributed by atoms with E-state index in [4.69, 9.17) is 9.72 Å². The molecule has 4 heterocycles. The number of fused-ring (bicyclic) bond motifs is 3. The zero-order valence-electron chi connectivity index (χ0n) is 25.4. The number of hydrogen-bond acceptors (Lipinski definition) is 5. The summed E-state index contributed by atoms with van der Waals surface area (Å²) in [5.41, 5.74) is 8.75. The van der Waals surface area contributed by atoms with Gasteiger partial charge in [0.25, 0.3) is 5.91 Å². The molecule has 0 spiro atoms. The van der Waals surface area contributed by atoms with Crippen LogP contribution in [0, 0.1) is 13.8 Å². The van der Waals surface area contributed by atoms with Gasteiger partial charge in [0.2, 0.25) is 5.91 Å². The first kappa shape index (κ1) is 27.9. The monoisotopic (exact) mass is 579 g/mol. The van der Waals surface area contributed by atoms with Crippen LogP contribution in [0.2, 0.25) is 0 Å². The van der Waals surface area contributed by atoms with Crippen LogP contribution in [-0.2, 0) is 28.9 Å². The van der Waals surface area contributed by atoms with Gasteiger partial charge < -0.3 is 24.4 Å². The Hall–Kier alpha value is -3.91. The number of amides is 2. The average molecular weight is 580 g/mol. The Labute approximate surface area is 253 Å². The molecule has 7 rings (SSSR count). The zero-order valence-corrected chi connectivity index (χ0v) is 25.4. The summed E-state index contributed by atoms with van der Waals surface area (Å²) in [7, 11) is 0. The third kappa shape index (κ3) is 5.37. The van der Waals surface area contributed by atoms with Gasteiger partial charge in [0.1, 0.15) is 5.82 Å². The Bertz CT molecular complexity index is 1700. The molecular weight excluding hydrogens is 538 g/mol. The molecule has 1 N–H and O–H groups in total. The van der Waals surface area contributed by atoms with Gasteiger partial charge in [-0.05, 0) is 86.9 Å². The Kier molecular flexibility index (Phi) is 7.55. The number of aromatic amines is 1. The molecule has 2 saturated heterocycles. The molecule has 8 nitrogen and oxygen atoms in total. The third-order valence-corrected chi connectivity index (χ3v) is 9.64. The van der Waals surface area contributed by atoms with E-state index in [1.807, 2.05) is 21.9 Å². The van der Waals surface area contributed by atoms with Crippen molar-refractivity contribution in [2.45, 2.75) is 58.9 Å². The number of anilines is 1. The van der Waals surface area contributed by atoms with E-state index in [-0.39, 0.29) is 11.8 Å². The van der Waals surface area contributed by atoms with Gasteiger partial charge in [0.15, 0.2) is 0 Å². The minimum atomic E-state index is 0.00146. The van der Waals surface area contributed by atoms with E-state index in [9.17, 15) is 9.59 Å². The third-order valence-electron chi connectivity index (χ3n) is 9.64. The van der Waals surface area contributed by atoms with Crippen molar-refractivity contribution in [3.63, 3.8) is 0 Å². The number of benzene rings is 2. The number of ether oxygens (including phenoxy) is 1. The normalized spacial score (nSPS) is 16.9. The average Bonchev–Trinajstić information content (AvgIpc) is 3.73. The molecule has 0 bridgehead atoms. The number of morpholine rings is 1. The van der Waals surface area contributed by atoms with E-state index in [0.717, 1.165) is 84.2 Å². The van der Waals surface area contributed by atoms with Gasteiger partial charge in [-0.3, -0.25) is 9.59 Å². The molecule has 1 aliphatic carbocycles. The highest BCUT2D eigenvalue weighted by molar-refractivity contribution is 6.06. The van der Waals surface area contributed by atoms with Crippen LogP contribution in [0.4, 0.5) is 5.82 Å². The van der Waals surface area contributed by atoms with Crippen molar-refractivity contribution >= 4 is 39.4 Å². The van der Waals surface area contributed by atoms with Crippen molar-refractivity contribution in [2.75, 3.05) is 50.8 Å². The van der Waals surface area contributed by atoms with Crippen LogP contribution >= 0.6 is 0 Å². The van der Waals surface area contributed by atoms with Gasteiger partial charge in [-0.25, -0.2) is 4.98 Å². The second-order valence-electron chi connectivity index (χ2n) is 12.4. The maximum atomic E-state index is 14.5. The molecule has 3 aliphatic rings. The largest absolute Gasteiger partial charge is 0.378 e. The predicted octanol–water partition coefficient (Wildman–Crippen LogP) is 5.31. The number of para-hydroxylation sites is 1. The summed E-state index contributed by atoms with van der Waals surface area (Å²) in [4.78, 5) is 41.7. The zero-order chi connectivity index (χ0) is 29.5. The van der Waals surface area contributed by atoms with E-state index >= 15 is 0 Å². The minimum Gasteiger partial charge on any atom is -0.378 e. The maximum Gasteiger partial charge on any atom is 0.256 e. The SMILES string of the molecule is Cc1[nH]c2c(C(=O)N(CCCN3CCCC3=O)Cc3cc4cc5c(cc4nc3N3CCOCC3)CCC5)cccc2c1C. The summed E-state index contributed by atoms with van der Waals surface area (Å²) in [6.07, 6.45) is 5.71. The first-order valence-electron chi connectivity index (χ1n) is 15.9. The van der Waals surface area contributed by atoms with Crippen LogP contribution in [0.1, 0.15) is 64.0 Å². The number of likely N-dealkylation sites (tertiary alicyclic amines) is 1. The lowest BCUT2D eigenvalue weighted by atomic mass is 10.0. The van der Waals surface area contributed by atoms with Crippen molar-refractivity contribution in [3.8, 4) is 0 Å². The van der Waals surface area contributed by atoms with E-state index < -0.39 is 0 Å². The number of aryl methyl sites for hydroxylation is 4. The van der Waals surface area contributed by atoms with Crippen molar-refractivity contribution < 1.29 is 14.3 Å². The molecular formula is C35H41N5O3. The lowest BCUT2D eigenvalue weighted by Crippen LogP contribution is -2.39. The number of nitrogens with zero attached hydrogens (tertiary/aromatic N) is 4. The molecule has 2 amide bonds. The van der Waals surface area contributed by atoms with Gasteiger partial charge in [-0.1, -0.05) is 12.1 Å². The highest BCUT2D eigenvalue weighted by Crippen LogP contribution is 2.32. The van der Waals surface area contributed by atoms with Gasteiger partial charge in [0.05, 0.1) is 29.8 Å². The molecule has 43 heavy (non-hydrogen) atoms. The smallest absolute Gasteiger partial charge is 0.256 e. The Morgan fingerprint density at radius 2 is 1.84 bits per heavy atom. The fourth-order valence-corrected chi connectivity index (χ4v) is 7.13. The number of aromatic nitrogens is 2. The number of pyridine rings is 1. The molecule has 0 radical (unpaired) electrons. The molecule has 224 valence electrons. The summed E-state index contributed by atoms with van der Waals surface area (Å²) in [6, 6.07) is 12.8. The summed E-state index contributed by atoms with van der Waals surface area (Å²) in [5, 5.41) is 2.22. The van der Waals surface area contributed by atoms with E-state index in [1.54, 1.807) is 0 Å². The fourth-order valence-electron chi connectivity index (χ4n) is 7.13. The lowest BCUT2D eigenvalue weighted by molar-refractivity contribution is -0.127. The van der Waals surface area contributed by atoms with Crippen LogP contribution < -0.4 is 4.90 Å². The first-order valence-corrected chi connectivity index (χ1v) is 15.9. The summed E-state index contributed by atoms with van der Waals surface area (Å²) in [6.45, 7) is 9.55. The molecule has 4 aromatic rings. The molecule has 8 heteroatoms. The van der Waals surface area contributed by atoms with E-state index in [0.29, 0.717) is 44.8 Å². The van der Waals surface area contributed by atoms with Crippen molar-refractivity contribution in [1.29, 1.82) is 0 Å². The van der Waals surface area contributed by atoms with Gasteiger partial charge >= 0.3 is 0 Å². The number of rotatable bonds is 8. The lowest BCUT2D eigenvalue weighted by Gasteiger charge is -2.32. The molecule has 0 saturated carbocycles. The van der Waals surface area contributed by atoms with Crippen molar-refractivity contribution in [1.82, 2.24) is 19.8 Å². The Morgan fingerprint density at radius 3 is 2.63 bits per heavy atom. The minimum absolute atomic E-state index is 0.00146. The number of carbonyl (C=O) groups excluding carboxylic acids is 2. The van der Waals surface area contributed by atoms with Crippen LogP contribution in [-0.4, -0.2) is 77.5 Å². The van der Waals surface area contributed by atoms with Crippen LogP contribution in [0.5, 0.6) is 0 Å². The van der Waals surface area contributed by atoms with Crippen LogP contribution in [0.25, 0.3) is 21.8 Å². The molecule has 0 unspecified atom stereocenters. The Balaban J connectivity index is 1.27. The molecule has 0 atom stereocenters. The van der Waals surface area contributed by atoms with E-state index in [1.165, 1.54) is 23.1 Å². The number of hydrogen-bond donors (Lipinski definition) is 1. The second-order valence-corrected chi connectivity index (χ2v) is 12.4. The van der Waals surface area contributed by atoms with Gasteiger partial charge in [0, 0.05) is 67.7 Å². The predicted molar refractivity (Wildman–Crippen MR) is 170 cm³/mol. The number of nitrogens with one attached hydrogen (secondary N) is 1. The van der Waals surface area contributed by atoms with Crippen LogP contribution in [0.3, 0.4) is 0 Å². The highest BCUT2D eigenvalue weighted by Gasteiger charge is 2.26. The molecule has 2 fully saturated rings. The summed E-state index contributed by atoms with van der Waals surface area (Å²) >= 11 is 0. The van der Waals surface area contributed by atoms with Gasteiger partial charge in [-0.15, -0.1) is 0 Å². The van der Waals surface area contributed by atoms with Crippen molar-refractivity contribution in [3.05, 3.63) is 69.9 Å². The molecule has 2 aromatic carbocycles. The van der Waals surface area contributed by atoms with Crippen LogP contribution in [0.15, 0.2) is 36.4 Å². The van der Waals surface area contributed by atoms with Crippen molar-refractivity contribution in [2.24, 2.45) is 0 Å². The second kappa shape index (κ2) is 11.6. The summed E-state index contributed by atoms with van der Waals surface area (Å²) in [5.74, 6) is 1.17. The van der Waals surface area contributed by atoms with E-state index in [2.05, 4.69) is 48.0 Å². The summed E-state index contributed by atoms with van der Waals surface area (Å²) < 4.78 is 5.68. The number of carbonyl (C=O) groups is 2. The van der Waals surface area contributed by atoms with Gasteiger partial charge in [-0.2, -0.15) is 0 Å². The quantitative estimate of drug-likeness (QED) is 0.306. The fraction of sp³-hybridized carbons (Fsp3) is 0.457. The molecule has 2 aliphatic heterocycles. The number of H-pyrrole nitrogens is 1.